The van der Waals surface area contributed by atoms with E-state index in [-0.39, 0.29) is 30.5 Å². The SMILES string of the molecule is CCC(O)CCNC(=O)C1CSCN1.Cl. The normalized spacial score (nSPS) is 21.9. The standard InChI is InChI=1S/C9H18N2O2S.ClH/c1-2-7(12)3-4-10-9(13)8-5-14-6-11-8;/h7-8,11-12H,2-6H2,1H3,(H,10,13);1H. The minimum Gasteiger partial charge on any atom is -0.393 e. The maximum absolute atomic E-state index is 11.4. The summed E-state index contributed by atoms with van der Waals surface area (Å²) in [6, 6.07) is -0.0428. The summed E-state index contributed by atoms with van der Waals surface area (Å²) >= 11 is 1.73. The first-order valence-electron chi connectivity index (χ1n) is 5.01. The molecule has 3 N–H and O–H groups in total. The van der Waals surface area contributed by atoms with E-state index in [0.29, 0.717) is 13.0 Å². The first kappa shape index (κ1) is 15.0. The predicted molar refractivity (Wildman–Crippen MR) is 65.4 cm³/mol. The van der Waals surface area contributed by atoms with Crippen LogP contribution in [0.5, 0.6) is 0 Å². The van der Waals surface area contributed by atoms with Crippen LogP contribution in [0.15, 0.2) is 0 Å². The van der Waals surface area contributed by atoms with E-state index in [1.807, 2.05) is 6.92 Å². The smallest absolute Gasteiger partial charge is 0.238 e. The lowest BCUT2D eigenvalue weighted by Gasteiger charge is -2.12. The number of thioether (sulfide) groups is 1. The Bertz CT molecular complexity index is 189. The molecular weight excluding hydrogens is 236 g/mol. The summed E-state index contributed by atoms with van der Waals surface area (Å²) < 4.78 is 0. The molecule has 1 rings (SSSR count). The molecular formula is C9H19ClN2O2S. The van der Waals surface area contributed by atoms with E-state index in [1.165, 1.54) is 0 Å². The first-order chi connectivity index (χ1) is 6.74. The maximum Gasteiger partial charge on any atom is 0.238 e. The Labute approximate surface area is 101 Å². The fourth-order valence-corrected chi connectivity index (χ4v) is 2.19. The third-order valence-corrected chi connectivity index (χ3v) is 3.22. The molecule has 15 heavy (non-hydrogen) atoms. The van der Waals surface area contributed by atoms with Gasteiger partial charge in [-0.1, -0.05) is 6.92 Å². The van der Waals surface area contributed by atoms with Gasteiger partial charge in [-0.15, -0.1) is 24.2 Å². The van der Waals surface area contributed by atoms with Crippen molar-refractivity contribution >= 4 is 30.1 Å². The average molecular weight is 255 g/mol. The Morgan fingerprint density at radius 1 is 1.73 bits per heavy atom. The number of carbonyl (C=O) groups is 1. The molecule has 0 aromatic carbocycles. The molecule has 4 nitrogen and oxygen atoms in total. The lowest BCUT2D eigenvalue weighted by molar-refractivity contribution is -0.122. The molecule has 0 radical (unpaired) electrons. The molecule has 0 aromatic heterocycles. The van der Waals surface area contributed by atoms with Crippen LogP contribution in [0.2, 0.25) is 0 Å². The number of aliphatic hydroxyl groups excluding tert-OH is 1. The molecule has 1 aliphatic heterocycles. The fraction of sp³-hybridized carbons (Fsp3) is 0.889. The molecule has 1 aliphatic rings. The van der Waals surface area contributed by atoms with Gasteiger partial charge in [-0.25, -0.2) is 0 Å². The summed E-state index contributed by atoms with van der Waals surface area (Å²) in [5.74, 6) is 1.76. The molecule has 0 aromatic rings. The lowest BCUT2D eigenvalue weighted by Crippen LogP contribution is -2.42. The second kappa shape index (κ2) is 8.21. The van der Waals surface area contributed by atoms with Crippen LogP contribution in [0.4, 0.5) is 0 Å². The van der Waals surface area contributed by atoms with Gasteiger partial charge in [-0.2, -0.15) is 0 Å². The molecule has 1 heterocycles. The van der Waals surface area contributed by atoms with Gasteiger partial charge in [0.05, 0.1) is 12.1 Å². The molecule has 0 aliphatic carbocycles. The monoisotopic (exact) mass is 254 g/mol. The van der Waals surface area contributed by atoms with Crippen molar-refractivity contribution in [1.29, 1.82) is 0 Å². The maximum atomic E-state index is 11.4. The summed E-state index contributed by atoms with van der Waals surface area (Å²) in [5.41, 5.74) is 0. The van der Waals surface area contributed by atoms with Crippen molar-refractivity contribution in [3.8, 4) is 0 Å². The Hall–Kier alpha value is 0.0300. The highest BCUT2D eigenvalue weighted by Gasteiger charge is 2.21. The minimum absolute atomic E-state index is 0. The molecule has 2 atom stereocenters. The number of carbonyl (C=O) groups excluding carboxylic acids is 1. The van der Waals surface area contributed by atoms with Gasteiger partial charge in [-0.05, 0) is 12.8 Å². The molecule has 0 spiro atoms. The molecule has 0 saturated carbocycles. The lowest BCUT2D eigenvalue weighted by atomic mass is 10.2. The van der Waals surface area contributed by atoms with Crippen LogP contribution in [-0.4, -0.2) is 41.3 Å². The summed E-state index contributed by atoms with van der Waals surface area (Å²) in [6.45, 7) is 2.50. The van der Waals surface area contributed by atoms with Gasteiger partial charge in [0.15, 0.2) is 0 Å². The van der Waals surface area contributed by atoms with E-state index in [9.17, 15) is 9.90 Å². The number of nitrogens with one attached hydrogen (secondary N) is 2. The largest absolute Gasteiger partial charge is 0.393 e. The highest BCUT2D eigenvalue weighted by Crippen LogP contribution is 2.09. The summed E-state index contributed by atoms with van der Waals surface area (Å²) in [4.78, 5) is 11.4. The van der Waals surface area contributed by atoms with Crippen LogP contribution >= 0.6 is 24.2 Å². The van der Waals surface area contributed by atoms with Crippen LogP contribution in [0.1, 0.15) is 19.8 Å². The van der Waals surface area contributed by atoms with Crippen molar-refractivity contribution in [2.45, 2.75) is 31.9 Å². The third-order valence-electron chi connectivity index (χ3n) is 2.28. The summed E-state index contributed by atoms with van der Waals surface area (Å²) in [7, 11) is 0. The molecule has 90 valence electrons. The molecule has 2 unspecified atom stereocenters. The second-order valence-electron chi connectivity index (χ2n) is 3.41. The highest BCUT2D eigenvalue weighted by atomic mass is 35.5. The van der Waals surface area contributed by atoms with Gasteiger partial charge in [0.25, 0.3) is 0 Å². The predicted octanol–water partition coefficient (Wildman–Crippen LogP) is 0.348. The van der Waals surface area contributed by atoms with E-state index < -0.39 is 0 Å². The zero-order chi connectivity index (χ0) is 10.4. The zero-order valence-corrected chi connectivity index (χ0v) is 10.5. The fourth-order valence-electron chi connectivity index (χ4n) is 1.25. The first-order valence-corrected chi connectivity index (χ1v) is 6.16. The van der Waals surface area contributed by atoms with Gasteiger partial charge in [0.2, 0.25) is 5.91 Å². The number of amides is 1. The number of rotatable bonds is 5. The number of hydrogen-bond acceptors (Lipinski definition) is 4. The van der Waals surface area contributed by atoms with E-state index >= 15 is 0 Å². The van der Waals surface area contributed by atoms with E-state index in [4.69, 9.17) is 0 Å². The minimum atomic E-state index is -0.291. The molecule has 1 saturated heterocycles. The van der Waals surface area contributed by atoms with Gasteiger partial charge >= 0.3 is 0 Å². The Balaban J connectivity index is 0.00000196. The van der Waals surface area contributed by atoms with Crippen LogP contribution in [0.25, 0.3) is 0 Å². The van der Waals surface area contributed by atoms with Crippen LogP contribution in [-0.2, 0) is 4.79 Å². The van der Waals surface area contributed by atoms with E-state index in [0.717, 1.165) is 18.1 Å². The van der Waals surface area contributed by atoms with Crippen LogP contribution < -0.4 is 10.6 Å². The molecule has 6 heteroatoms. The Morgan fingerprint density at radius 3 is 3.00 bits per heavy atom. The molecule has 1 fully saturated rings. The quantitative estimate of drug-likeness (QED) is 0.663. The van der Waals surface area contributed by atoms with Crippen LogP contribution in [0, 0.1) is 0 Å². The second-order valence-corrected chi connectivity index (χ2v) is 4.44. The van der Waals surface area contributed by atoms with Gasteiger partial charge in [0, 0.05) is 18.2 Å². The van der Waals surface area contributed by atoms with Gasteiger partial charge in [0.1, 0.15) is 0 Å². The highest BCUT2D eigenvalue weighted by molar-refractivity contribution is 7.99. The van der Waals surface area contributed by atoms with Gasteiger partial charge in [-0.3, -0.25) is 10.1 Å². The van der Waals surface area contributed by atoms with Crippen molar-refractivity contribution in [1.82, 2.24) is 10.6 Å². The summed E-state index contributed by atoms with van der Waals surface area (Å²) in [6.07, 6.45) is 1.09. The van der Waals surface area contributed by atoms with Gasteiger partial charge < -0.3 is 10.4 Å². The van der Waals surface area contributed by atoms with Crippen molar-refractivity contribution in [3.05, 3.63) is 0 Å². The Morgan fingerprint density at radius 2 is 2.47 bits per heavy atom. The number of halogens is 1. The van der Waals surface area contributed by atoms with Crippen molar-refractivity contribution in [2.75, 3.05) is 18.2 Å². The van der Waals surface area contributed by atoms with Crippen molar-refractivity contribution in [3.63, 3.8) is 0 Å². The third kappa shape index (κ3) is 5.61. The van der Waals surface area contributed by atoms with Crippen molar-refractivity contribution < 1.29 is 9.90 Å². The summed E-state index contributed by atoms with van der Waals surface area (Å²) in [5, 5.41) is 15.2. The van der Waals surface area contributed by atoms with E-state index in [1.54, 1.807) is 11.8 Å². The van der Waals surface area contributed by atoms with Crippen LogP contribution in [0.3, 0.4) is 0 Å². The Kier molecular flexibility index (Phi) is 8.23. The zero-order valence-electron chi connectivity index (χ0n) is 8.86. The van der Waals surface area contributed by atoms with Crippen molar-refractivity contribution in [2.24, 2.45) is 0 Å². The number of aliphatic hydroxyl groups is 1. The topological polar surface area (TPSA) is 61.4 Å². The molecule has 0 bridgehead atoms. The number of hydrogen-bond donors (Lipinski definition) is 3. The van der Waals surface area contributed by atoms with E-state index in [2.05, 4.69) is 10.6 Å². The molecule has 1 amide bonds. The average Bonchev–Trinajstić information content (AvgIpc) is 2.70.